The molecule has 7 nitrogen and oxygen atoms in total. The number of nitrogens with one attached hydrogen (secondary N) is 2. The maximum Gasteiger partial charge on any atom is 0.261 e. The van der Waals surface area contributed by atoms with Crippen LogP contribution in [0.25, 0.3) is 0 Å². The zero-order valence-corrected chi connectivity index (χ0v) is 15.7. The highest BCUT2D eigenvalue weighted by atomic mass is 16.2. The zero-order valence-electron chi connectivity index (χ0n) is 15.7. The van der Waals surface area contributed by atoms with Crippen molar-refractivity contribution < 1.29 is 19.2 Å². The Hall–Kier alpha value is -3.48. The maximum absolute atomic E-state index is 12.4. The third-order valence-corrected chi connectivity index (χ3v) is 4.43. The molecule has 2 aromatic rings. The minimum atomic E-state index is -0.389. The number of amides is 4. The highest BCUT2D eigenvalue weighted by molar-refractivity contribution is 6.22. The van der Waals surface area contributed by atoms with Crippen molar-refractivity contribution in [1.82, 2.24) is 15.5 Å². The van der Waals surface area contributed by atoms with Gasteiger partial charge in [0.25, 0.3) is 23.6 Å². The van der Waals surface area contributed by atoms with Crippen LogP contribution in [0.15, 0.2) is 48.5 Å². The smallest absolute Gasteiger partial charge is 0.261 e. The van der Waals surface area contributed by atoms with Gasteiger partial charge in [0, 0.05) is 30.3 Å². The van der Waals surface area contributed by atoms with Gasteiger partial charge in [0.1, 0.15) is 0 Å². The Bertz CT molecular complexity index is 938. The molecule has 0 radical (unpaired) electrons. The van der Waals surface area contributed by atoms with Gasteiger partial charge < -0.3 is 10.6 Å². The molecule has 0 spiro atoms. The Balaban J connectivity index is 1.57. The number of imide groups is 1. The number of carbonyl (C=O) groups is 4. The number of hydrogen-bond acceptors (Lipinski definition) is 4. The van der Waals surface area contributed by atoms with Crippen molar-refractivity contribution in [1.29, 1.82) is 0 Å². The van der Waals surface area contributed by atoms with Crippen molar-refractivity contribution in [3.63, 3.8) is 0 Å². The van der Waals surface area contributed by atoms with Gasteiger partial charge >= 0.3 is 0 Å². The van der Waals surface area contributed by atoms with Crippen LogP contribution in [0.5, 0.6) is 0 Å². The molecule has 0 bridgehead atoms. The van der Waals surface area contributed by atoms with E-state index in [2.05, 4.69) is 10.6 Å². The van der Waals surface area contributed by atoms with Crippen molar-refractivity contribution in [3.05, 3.63) is 70.8 Å². The fourth-order valence-corrected chi connectivity index (χ4v) is 3.02. The van der Waals surface area contributed by atoms with E-state index in [0.29, 0.717) is 16.7 Å². The first kappa shape index (κ1) is 19.3. The minimum Gasteiger partial charge on any atom is -0.350 e. The summed E-state index contributed by atoms with van der Waals surface area (Å²) in [5.41, 5.74) is 1.39. The second kappa shape index (κ2) is 8.04. The first-order valence-electron chi connectivity index (χ1n) is 9.03. The van der Waals surface area contributed by atoms with E-state index in [4.69, 9.17) is 0 Å². The third-order valence-electron chi connectivity index (χ3n) is 4.43. The monoisotopic (exact) mass is 379 g/mol. The van der Waals surface area contributed by atoms with Crippen LogP contribution in [-0.2, 0) is 0 Å². The van der Waals surface area contributed by atoms with Crippen molar-refractivity contribution in [3.8, 4) is 0 Å². The number of rotatable bonds is 6. The van der Waals surface area contributed by atoms with Crippen LogP contribution < -0.4 is 10.6 Å². The highest BCUT2D eigenvalue weighted by Gasteiger charge is 2.37. The molecule has 1 heterocycles. The van der Waals surface area contributed by atoms with Gasteiger partial charge in [-0.25, -0.2) is 0 Å². The molecule has 0 atom stereocenters. The minimum absolute atomic E-state index is 0.217. The average molecular weight is 379 g/mol. The fourth-order valence-electron chi connectivity index (χ4n) is 3.02. The molecule has 144 valence electrons. The van der Waals surface area contributed by atoms with Crippen LogP contribution >= 0.6 is 0 Å². The molecule has 7 heteroatoms. The van der Waals surface area contributed by atoms with Crippen LogP contribution in [0.4, 0.5) is 0 Å². The molecule has 28 heavy (non-hydrogen) atoms. The highest BCUT2D eigenvalue weighted by Crippen LogP contribution is 2.25. The summed E-state index contributed by atoms with van der Waals surface area (Å²) in [6.07, 6.45) is 0. The third kappa shape index (κ3) is 3.78. The van der Waals surface area contributed by atoms with Crippen LogP contribution in [-0.4, -0.2) is 47.7 Å². The second-order valence-electron chi connectivity index (χ2n) is 6.71. The van der Waals surface area contributed by atoms with Gasteiger partial charge in [-0.3, -0.25) is 24.1 Å². The molecule has 0 aliphatic carbocycles. The van der Waals surface area contributed by atoms with Gasteiger partial charge in [0.2, 0.25) is 0 Å². The molecular weight excluding hydrogens is 358 g/mol. The molecule has 0 unspecified atom stereocenters. The predicted molar refractivity (Wildman–Crippen MR) is 103 cm³/mol. The van der Waals surface area contributed by atoms with Gasteiger partial charge in [0.15, 0.2) is 0 Å². The van der Waals surface area contributed by atoms with Gasteiger partial charge in [0.05, 0.1) is 11.1 Å². The molecule has 0 saturated heterocycles. The standard InChI is InChI=1S/C21H21N3O4/c1-13(2)24-20(27)16-9-8-15(12-17(16)21(24)28)19(26)23-11-10-22-18(25)14-6-4-3-5-7-14/h3-9,12-13H,10-11H2,1-2H3,(H,22,25)(H,23,26). The Labute approximate surface area is 162 Å². The van der Waals surface area contributed by atoms with Crippen molar-refractivity contribution >= 4 is 23.6 Å². The summed E-state index contributed by atoms with van der Waals surface area (Å²) in [7, 11) is 0. The zero-order chi connectivity index (χ0) is 20.3. The van der Waals surface area contributed by atoms with E-state index < -0.39 is 0 Å². The van der Waals surface area contributed by atoms with E-state index in [1.807, 2.05) is 6.07 Å². The molecule has 4 amide bonds. The number of carbonyl (C=O) groups excluding carboxylic acids is 4. The first-order chi connectivity index (χ1) is 13.4. The molecule has 1 aliphatic heterocycles. The molecule has 2 N–H and O–H groups in total. The predicted octanol–water partition coefficient (Wildman–Crippen LogP) is 1.85. The summed E-state index contributed by atoms with van der Waals surface area (Å²) in [4.78, 5) is 50.2. The lowest BCUT2D eigenvalue weighted by Crippen LogP contribution is -2.36. The second-order valence-corrected chi connectivity index (χ2v) is 6.71. The molecule has 2 aromatic carbocycles. The quantitative estimate of drug-likeness (QED) is 0.591. The van der Waals surface area contributed by atoms with E-state index in [9.17, 15) is 19.2 Å². The largest absolute Gasteiger partial charge is 0.350 e. The van der Waals surface area contributed by atoms with Crippen LogP contribution in [0.2, 0.25) is 0 Å². The summed E-state index contributed by atoms with van der Waals surface area (Å²) >= 11 is 0. The average Bonchev–Trinajstić information content (AvgIpc) is 2.95. The number of nitrogens with zero attached hydrogens (tertiary/aromatic N) is 1. The first-order valence-corrected chi connectivity index (χ1v) is 9.03. The summed E-state index contributed by atoms with van der Waals surface area (Å²) in [5.74, 6) is -1.32. The van der Waals surface area contributed by atoms with Crippen molar-refractivity contribution in [2.24, 2.45) is 0 Å². The van der Waals surface area contributed by atoms with Gasteiger partial charge in [-0.2, -0.15) is 0 Å². The molecule has 1 aliphatic rings. The van der Waals surface area contributed by atoms with Crippen LogP contribution in [0.1, 0.15) is 55.3 Å². The molecule has 0 saturated carbocycles. The van der Waals surface area contributed by atoms with Crippen molar-refractivity contribution in [2.75, 3.05) is 13.1 Å². The van der Waals surface area contributed by atoms with Crippen LogP contribution in [0.3, 0.4) is 0 Å². The lowest BCUT2D eigenvalue weighted by atomic mass is 10.1. The molecule has 0 fully saturated rings. The summed E-state index contributed by atoms with van der Waals surface area (Å²) in [6.45, 7) is 4.03. The molecule has 0 aromatic heterocycles. The fraction of sp³-hybridized carbons (Fsp3) is 0.238. The van der Waals surface area contributed by atoms with Crippen LogP contribution in [0, 0.1) is 0 Å². The van der Waals surface area contributed by atoms with Gasteiger partial charge in [-0.1, -0.05) is 18.2 Å². The Kier molecular flexibility index (Phi) is 5.54. The summed E-state index contributed by atoms with van der Waals surface area (Å²) in [5, 5.41) is 5.41. The van der Waals surface area contributed by atoms with Gasteiger partial charge in [-0.15, -0.1) is 0 Å². The van der Waals surface area contributed by atoms with E-state index in [1.165, 1.54) is 23.1 Å². The number of benzene rings is 2. The number of hydrogen-bond donors (Lipinski definition) is 2. The maximum atomic E-state index is 12.4. The normalized spacial score (nSPS) is 12.9. The summed E-state index contributed by atoms with van der Waals surface area (Å²) < 4.78 is 0. The Morgan fingerprint density at radius 2 is 1.39 bits per heavy atom. The summed E-state index contributed by atoms with van der Waals surface area (Å²) in [6, 6.07) is 13.0. The Morgan fingerprint density at radius 1 is 0.821 bits per heavy atom. The Morgan fingerprint density at radius 3 is 2.00 bits per heavy atom. The van der Waals surface area contributed by atoms with Crippen molar-refractivity contribution in [2.45, 2.75) is 19.9 Å². The van der Waals surface area contributed by atoms with E-state index in [0.717, 1.165) is 0 Å². The topological polar surface area (TPSA) is 95.6 Å². The molecular formula is C21H21N3O4. The lowest BCUT2D eigenvalue weighted by Gasteiger charge is -2.17. The van der Waals surface area contributed by atoms with E-state index >= 15 is 0 Å². The van der Waals surface area contributed by atoms with E-state index in [1.54, 1.807) is 38.1 Å². The number of fused-ring (bicyclic) bond motifs is 1. The molecule has 3 rings (SSSR count). The lowest BCUT2D eigenvalue weighted by molar-refractivity contribution is 0.0608. The van der Waals surface area contributed by atoms with E-state index in [-0.39, 0.29) is 48.3 Å². The SMILES string of the molecule is CC(C)N1C(=O)c2ccc(C(=O)NCCNC(=O)c3ccccc3)cc2C1=O. The van der Waals surface area contributed by atoms with Gasteiger partial charge in [-0.05, 0) is 44.2 Å².